The summed E-state index contributed by atoms with van der Waals surface area (Å²) in [6.45, 7) is 2.46. The van der Waals surface area contributed by atoms with Crippen molar-refractivity contribution < 1.29 is 14.6 Å². The third kappa shape index (κ3) is 5.33. The number of methoxy groups -OCH3 is 1. The molecule has 3 unspecified atom stereocenters. The fourth-order valence-electron chi connectivity index (χ4n) is 2.30. The molecule has 1 amide bonds. The number of aliphatic hydroxyl groups is 1. The maximum absolute atomic E-state index is 12.0. The second-order valence-electron chi connectivity index (χ2n) is 5.58. The molecule has 0 aliphatic heterocycles. The zero-order valence-corrected chi connectivity index (χ0v) is 11.4. The lowest BCUT2D eigenvalue weighted by atomic mass is 9.85. The Hall–Kier alpha value is -0.650. The summed E-state index contributed by atoms with van der Waals surface area (Å²) in [4.78, 5) is 12.0. The van der Waals surface area contributed by atoms with Gasteiger partial charge in [-0.2, -0.15) is 0 Å². The molecule has 0 spiro atoms. The van der Waals surface area contributed by atoms with E-state index in [1.165, 1.54) is 0 Å². The van der Waals surface area contributed by atoms with Crippen LogP contribution in [0.4, 0.5) is 0 Å². The van der Waals surface area contributed by atoms with E-state index in [-0.39, 0.29) is 24.4 Å². The highest BCUT2D eigenvalue weighted by Gasteiger charge is 2.27. The molecule has 5 heteroatoms. The Labute approximate surface area is 109 Å². The van der Waals surface area contributed by atoms with Gasteiger partial charge in [-0.1, -0.05) is 6.42 Å². The molecule has 106 valence electrons. The van der Waals surface area contributed by atoms with Crippen LogP contribution in [0.5, 0.6) is 0 Å². The summed E-state index contributed by atoms with van der Waals surface area (Å²) >= 11 is 0. The number of rotatable bonds is 6. The highest BCUT2D eigenvalue weighted by atomic mass is 16.5. The van der Waals surface area contributed by atoms with Crippen LogP contribution in [0.2, 0.25) is 0 Å². The Morgan fingerprint density at radius 1 is 1.56 bits per heavy atom. The summed E-state index contributed by atoms with van der Waals surface area (Å²) in [7, 11) is 1.60. The average Bonchev–Trinajstić information content (AvgIpc) is 2.34. The monoisotopic (exact) mass is 258 g/mol. The lowest BCUT2D eigenvalue weighted by Crippen LogP contribution is -2.45. The highest BCUT2D eigenvalue weighted by Crippen LogP contribution is 2.23. The van der Waals surface area contributed by atoms with Gasteiger partial charge in [0.15, 0.2) is 0 Å². The third-order valence-corrected chi connectivity index (χ3v) is 3.57. The number of carbonyl (C=O) groups is 1. The SMILES string of the molecule is COCCC(C)(O)CNC(=O)C1CCCC(N)C1. The van der Waals surface area contributed by atoms with Gasteiger partial charge in [0.1, 0.15) is 0 Å². The molecule has 1 aliphatic rings. The lowest BCUT2D eigenvalue weighted by Gasteiger charge is -2.28. The van der Waals surface area contributed by atoms with Gasteiger partial charge in [-0.15, -0.1) is 0 Å². The molecule has 1 aliphatic carbocycles. The molecule has 4 N–H and O–H groups in total. The molecule has 0 aromatic carbocycles. The van der Waals surface area contributed by atoms with Crippen molar-refractivity contribution in [2.75, 3.05) is 20.3 Å². The fourth-order valence-corrected chi connectivity index (χ4v) is 2.30. The zero-order valence-electron chi connectivity index (χ0n) is 11.4. The van der Waals surface area contributed by atoms with Crippen LogP contribution in [0.15, 0.2) is 0 Å². The van der Waals surface area contributed by atoms with Gasteiger partial charge < -0.3 is 20.9 Å². The lowest BCUT2D eigenvalue weighted by molar-refractivity contribution is -0.127. The Balaban J connectivity index is 2.31. The molecule has 5 nitrogen and oxygen atoms in total. The van der Waals surface area contributed by atoms with Gasteiger partial charge in [0.05, 0.1) is 5.60 Å². The van der Waals surface area contributed by atoms with Crippen LogP contribution in [0, 0.1) is 5.92 Å². The largest absolute Gasteiger partial charge is 0.388 e. The molecule has 1 rings (SSSR count). The van der Waals surface area contributed by atoms with Crippen molar-refractivity contribution in [2.45, 2.75) is 50.7 Å². The molecule has 0 saturated heterocycles. The number of nitrogens with two attached hydrogens (primary N) is 1. The van der Waals surface area contributed by atoms with E-state index < -0.39 is 5.60 Å². The van der Waals surface area contributed by atoms with E-state index in [4.69, 9.17) is 10.5 Å². The molecule has 0 heterocycles. The van der Waals surface area contributed by atoms with Gasteiger partial charge in [-0.05, 0) is 26.2 Å². The molecular weight excluding hydrogens is 232 g/mol. The normalized spacial score (nSPS) is 27.6. The minimum Gasteiger partial charge on any atom is -0.388 e. The second kappa shape index (κ2) is 7.07. The van der Waals surface area contributed by atoms with E-state index in [2.05, 4.69) is 5.32 Å². The Bertz CT molecular complexity index is 269. The van der Waals surface area contributed by atoms with E-state index in [1.54, 1.807) is 14.0 Å². The van der Waals surface area contributed by atoms with Gasteiger partial charge in [0.25, 0.3) is 0 Å². The van der Waals surface area contributed by atoms with E-state index in [0.717, 1.165) is 25.7 Å². The van der Waals surface area contributed by atoms with E-state index in [9.17, 15) is 9.90 Å². The van der Waals surface area contributed by atoms with Crippen molar-refractivity contribution in [1.82, 2.24) is 5.32 Å². The first kappa shape index (κ1) is 15.4. The standard InChI is InChI=1S/C13H26N2O3/c1-13(17,6-7-18-2)9-15-12(16)10-4-3-5-11(14)8-10/h10-11,17H,3-9,14H2,1-2H3,(H,15,16). The summed E-state index contributed by atoms with van der Waals surface area (Å²) in [6, 6.07) is 0.142. The number of hydrogen-bond acceptors (Lipinski definition) is 4. The Morgan fingerprint density at radius 3 is 2.89 bits per heavy atom. The Morgan fingerprint density at radius 2 is 2.28 bits per heavy atom. The van der Waals surface area contributed by atoms with Crippen LogP contribution in [-0.4, -0.2) is 42.9 Å². The van der Waals surface area contributed by atoms with Gasteiger partial charge in [0.2, 0.25) is 5.91 Å². The summed E-state index contributed by atoms with van der Waals surface area (Å²) in [5.74, 6) is 0.0230. The maximum atomic E-state index is 12.0. The average molecular weight is 258 g/mol. The van der Waals surface area contributed by atoms with Crippen molar-refractivity contribution in [3.8, 4) is 0 Å². The van der Waals surface area contributed by atoms with Gasteiger partial charge >= 0.3 is 0 Å². The van der Waals surface area contributed by atoms with Crippen LogP contribution in [0.3, 0.4) is 0 Å². The molecular formula is C13H26N2O3. The number of nitrogens with one attached hydrogen (secondary N) is 1. The molecule has 0 aromatic heterocycles. The molecule has 1 fully saturated rings. The summed E-state index contributed by atoms with van der Waals surface area (Å²) in [5, 5.41) is 12.8. The minimum atomic E-state index is -0.914. The van der Waals surface area contributed by atoms with Crippen molar-refractivity contribution in [3.05, 3.63) is 0 Å². The third-order valence-electron chi connectivity index (χ3n) is 3.57. The van der Waals surface area contributed by atoms with Crippen LogP contribution >= 0.6 is 0 Å². The van der Waals surface area contributed by atoms with Crippen molar-refractivity contribution in [1.29, 1.82) is 0 Å². The highest BCUT2D eigenvalue weighted by molar-refractivity contribution is 5.78. The molecule has 18 heavy (non-hydrogen) atoms. The van der Waals surface area contributed by atoms with Crippen molar-refractivity contribution in [2.24, 2.45) is 11.7 Å². The predicted octanol–water partition coefficient (Wildman–Crippen LogP) is 0.408. The van der Waals surface area contributed by atoms with Crippen LogP contribution in [0.25, 0.3) is 0 Å². The van der Waals surface area contributed by atoms with Crippen LogP contribution < -0.4 is 11.1 Å². The van der Waals surface area contributed by atoms with E-state index >= 15 is 0 Å². The molecule has 0 bridgehead atoms. The number of hydrogen-bond donors (Lipinski definition) is 3. The first-order valence-corrected chi connectivity index (χ1v) is 6.69. The van der Waals surface area contributed by atoms with Crippen molar-refractivity contribution >= 4 is 5.91 Å². The van der Waals surface area contributed by atoms with E-state index in [0.29, 0.717) is 13.0 Å². The van der Waals surface area contributed by atoms with Crippen LogP contribution in [0.1, 0.15) is 39.0 Å². The smallest absolute Gasteiger partial charge is 0.223 e. The van der Waals surface area contributed by atoms with Gasteiger partial charge in [-0.3, -0.25) is 4.79 Å². The number of carbonyl (C=O) groups excluding carboxylic acids is 1. The van der Waals surface area contributed by atoms with Crippen molar-refractivity contribution in [3.63, 3.8) is 0 Å². The molecule has 3 atom stereocenters. The Kier molecular flexibility index (Phi) is 6.05. The minimum absolute atomic E-state index is 0.00646. The second-order valence-corrected chi connectivity index (χ2v) is 5.58. The molecule has 0 radical (unpaired) electrons. The first-order chi connectivity index (χ1) is 8.44. The first-order valence-electron chi connectivity index (χ1n) is 6.69. The predicted molar refractivity (Wildman–Crippen MR) is 70.1 cm³/mol. The zero-order chi connectivity index (χ0) is 13.6. The topological polar surface area (TPSA) is 84.6 Å². The number of ether oxygens (including phenoxy) is 1. The van der Waals surface area contributed by atoms with Crippen LogP contribution in [-0.2, 0) is 9.53 Å². The molecule has 1 saturated carbocycles. The van der Waals surface area contributed by atoms with Gasteiger partial charge in [0, 0.05) is 38.6 Å². The summed E-state index contributed by atoms with van der Waals surface area (Å²) < 4.78 is 4.93. The maximum Gasteiger partial charge on any atom is 0.223 e. The summed E-state index contributed by atoms with van der Waals surface area (Å²) in [6.07, 6.45) is 4.19. The van der Waals surface area contributed by atoms with E-state index in [1.807, 2.05) is 0 Å². The summed E-state index contributed by atoms with van der Waals surface area (Å²) in [5.41, 5.74) is 4.95. The van der Waals surface area contributed by atoms with Gasteiger partial charge in [-0.25, -0.2) is 0 Å². The quantitative estimate of drug-likeness (QED) is 0.644. The number of amides is 1. The fraction of sp³-hybridized carbons (Fsp3) is 0.923. The molecule has 0 aromatic rings.